The predicted octanol–water partition coefficient (Wildman–Crippen LogP) is 3.26. The third-order valence-electron chi connectivity index (χ3n) is 3.83. The zero-order chi connectivity index (χ0) is 13.5. The lowest BCUT2D eigenvalue weighted by atomic mass is 9.96. The van der Waals surface area contributed by atoms with Gasteiger partial charge in [-0.3, -0.25) is 0 Å². The Balaban J connectivity index is 2.18. The van der Waals surface area contributed by atoms with Crippen LogP contribution >= 0.6 is 0 Å². The number of fused-ring (bicyclic) bond motifs is 5. The first-order valence-corrected chi connectivity index (χ1v) is 6.72. The summed E-state index contributed by atoms with van der Waals surface area (Å²) < 4.78 is 11.2. The Morgan fingerprint density at radius 3 is 2.80 bits per heavy atom. The molecule has 20 heavy (non-hydrogen) atoms. The SMILES string of the molecule is OCCc1cc2c(c3c1ccc1ccccc13)OCO2. The van der Waals surface area contributed by atoms with Crippen LogP contribution in [-0.2, 0) is 6.42 Å². The van der Waals surface area contributed by atoms with E-state index in [0.29, 0.717) is 6.42 Å². The van der Waals surface area contributed by atoms with Crippen LogP contribution in [0.4, 0.5) is 0 Å². The molecule has 0 aliphatic carbocycles. The zero-order valence-electron chi connectivity index (χ0n) is 10.9. The van der Waals surface area contributed by atoms with Crippen LogP contribution in [0.3, 0.4) is 0 Å². The lowest BCUT2D eigenvalue weighted by molar-refractivity contribution is 0.175. The van der Waals surface area contributed by atoms with Gasteiger partial charge >= 0.3 is 0 Å². The zero-order valence-corrected chi connectivity index (χ0v) is 10.9. The highest BCUT2D eigenvalue weighted by atomic mass is 16.7. The summed E-state index contributed by atoms with van der Waals surface area (Å²) in [4.78, 5) is 0. The fourth-order valence-corrected chi connectivity index (χ4v) is 2.94. The van der Waals surface area contributed by atoms with E-state index in [4.69, 9.17) is 9.47 Å². The smallest absolute Gasteiger partial charge is 0.231 e. The summed E-state index contributed by atoms with van der Waals surface area (Å²) in [5.41, 5.74) is 1.09. The molecule has 3 aromatic carbocycles. The molecule has 0 atom stereocenters. The van der Waals surface area contributed by atoms with Gasteiger partial charge < -0.3 is 14.6 Å². The molecule has 1 aliphatic heterocycles. The summed E-state index contributed by atoms with van der Waals surface area (Å²) in [6.07, 6.45) is 0.617. The molecule has 0 amide bonds. The van der Waals surface area contributed by atoms with Gasteiger partial charge in [0, 0.05) is 12.0 Å². The van der Waals surface area contributed by atoms with Crippen molar-refractivity contribution in [3.05, 3.63) is 48.0 Å². The highest BCUT2D eigenvalue weighted by Crippen LogP contribution is 2.44. The predicted molar refractivity (Wildman–Crippen MR) is 78.4 cm³/mol. The van der Waals surface area contributed by atoms with E-state index < -0.39 is 0 Å². The number of rotatable bonds is 2. The Hall–Kier alpha value is -2.26. The van der Waals surface area contributed by atoms with Crippen LogP contribution in [0.25, 0.3) is 21.5 Å². The summed E-state index contributed by atoms with van der Waals surface area (Å²) in [5, 5.41) is 13.8. The molecule has 1 aliphatic rings. The van der Waals surface area contributed by atoms with Gasteiger partial charge in [-0.1, -0.05) is 36.4 Å². The number of hydrogen-bond donors (Lipinski definition) is 1. The Kier molecular flexibility index (Phi) is 2.54. The second-order valence-electron chi connectivity index (χ2n) is 4.95. The van der Waals surface area contributed by atoms with Crippen LogP contribution in [0.1, 0.15) is 5.56 Å². The number of hydrogen-bond acceptors (Lipinski definition) is 3. The van der Waals surface area contributed by atoms with E-state index in [-0.39, 0.29) is 13.4 Å². The molecule has 0 saturated heterocycles. The van der Waals surface area contributed by atoms with Crippen molar-refractivity contribution in [3.8, 4) is 11.5 Å². The molecule has 0 bridgehead atoms. The third kappa shape index (κ3) is 1.57. The third-order valence-corrected chi connectivity index (χ3v) is 3.83. The second kappa shape index (κ2) is 4.39. The number of ether oxygens (including phenoxy) is 2. The molecule has 0 spiro atoms. The average Bonchev–Trinajstić information content (AvgIpc) is 2.95. The lowest BCUT2D eigenvalue weighted by Gasteiger charge is -2.11. The summed E-state index contributed by atoms with van der Waals surface area (Å²) in [5.74, 6) is 1.59. The van der Waals surface area contributed by atoms with E-state index in [0.717, 1.165) is 33.2 Å². The van der Waals surface area contributed by atoms with E-state index >= 15 is 0 Å². The van der Waals surface area contributed by atoms with E-state index in [9.17, 15) is 5.11 Å². The fourth-order valence-electron chi connectivity index (χ4n) is 2.94. The molecule has 0 saturated carbocycles. The highest BCUT2D eigenvalue weighted by Gasteiger charge is 2.20. The van der Waals surface area contributed by atoms with Crippen molar-refractivity contribution in [1.29, 1.82) is 0 Å². The molecular formula is C17H14O3. The number of benzene rings is 3. The van der Waals surface area contributed by atoms with Crippen molar-refractivity contribution in [2.45, 2.75) is 6.42 Å². The largest absolute Gasteiger partial charge is 0.454 e. The molecule has 0 aromatic heterocycles. The van der Waals surface area contributed by atoms with Crippen molar-refractivity contribution in [2.24, 2.45) is 0 Å². The Morgan fingerprint density at radius 2 is 1.90 bits per heavy atom. The summed E-state index contributed by atoms with van der Waals surface area (Å²) in [6, 6.07) is 14.4. The molecule has 3 aromatic rings. The van der Waals surface area contributed by atoms with Gasteiger partial charge in [-0.05, 0) is 34.2 Å². The topological polar surface area (TPSA) is 38.7 Å². The second-order valence-corrected chi connectivity index (χ2v) is 4.95. The van der Waals surface area contributed by atoms with Gasteiger partial charge in [-0.2, -0.15) is 0 Å². The van der Waals surface area contributed by atoms with Crippen molar-refractivity contribution in [2.75, 3.05) is 13.4 Å². The fraction of sp³-hybridized carbons (Fsp3) is 0.176. The van der Waals surface area contributed by atoms with Gasteiger partial charge in [-0.25, -0.2) is 0 Å². The van der Waals surface area contributed by atoms with Crippen LogP contribution in [0.15, 0.2) is 42.5 Å². The standard InChI is InChI=1S/C17H14O3/c18-8-7-12-9-15-17(20-10-19-15)16-13-4-2-1-3-11(13)5-6-14(12)16/h1-6,9,18H,7-8,10H2. The molecule has 4 rings (SSSR count). The molecular weight excluding hydrogens is 252 g/mol. The van der Waals surface area contributed by atoms with E-state index in [1.165, 1.54) is 5.39 Å². The van der Waals surface area contributed by atoms with Gasteiger partial charge in [0.25, 0.3) is 0 Å². The van der Waals surface area contributed by atoms with Crippen molar-refractivity contribution in [1.82, 2.24) is 0 Å². The number of aliphatic hydroxyl groups excluding tert-OH is 1. The maximum Gasteiger partial charge on any atom is 0.231 e. The first kappa shape index (κ1) is 11.6. The van der Waals surface area contributed by atoms with Crippen LogP contribution in [0.2, 0.25) is 0 Å². The monoisotopic (exact) mass is 266 g/mol. The summed E-state index contributed by atoms with van der Waals surface area (Å²) >= 11 is 0. The Bertz CT molecular complexity index is 808. The van der Waals surface area contributed by atoms with Crippen LogP contribution in [-0.4, -0.2) is 18.5 Å². The average molecular weight is 266 g/mol. The summed E-state index contributed by atoms with van der Waals surface area (Å²) in [6.45, 7) is 0.387. The molecule has 0 radical (unpaired) electrons. The van der Waals surface area contributed by atoms with Crippen LogP contribution in [0, 0.1) is 0 Å². The molecule has 3 nitrogen and oxygen atoms in total. The van der Waals surface area contributed by atoms with E-state index in [1.807, 2.05) is 18.2 Å². The van der Waals surface area contributed by atoms with Crippen molar-refractivity contribution >= 4 is 21.5 Å². The van der Waals surface area contributed by atoms with Crippen molar-refractivity contribution in [3.63, 3.8) is 0 Å². The van der Waals surface area contributed by atoms with Gasteiger partial charge in [0.1, 0.15) is 0 Å². The molecule has 1 heterocycles. The minimum absolute atomic E-state index is 0.127. The normalized spacial score (nSPS) is 13.2. The number of aliphatic hydroxyl groups is 1. The van der Waals surface area contributed by atoms with Crippen LogP contribution in [0.5, 0.6) is 11.5 Å². The molecule has 100 valence electrons. The minimum atomic E-state index is 0.127. The first-order chi connectivity index (χ1) is 9.88. The minimum Gasteiger partial charge on any atom is -0.454 e. The molecule has 1 N–H and O–H groups in total. The molecule has 0 fully saturated rings. The molecule has 3 heteroatoms. The maximum absolute atomic E-state index is 9.27. The first-order valence-electron chi connectivity index (χ1n) is 6.72. The highest BCUT2D eigenvalue weighted by molar-refractivity contribution is 6.12. The lowest BCUT2D eigenvalue weighted by Crippen LogP contribution is -1.93. The van der Waals surface area contributed by atoms with Gasteiger partial charge in [0.2, 0.25) is 6.79 Å². The van der Waals surface area contributed by atoms with Crippen molar-refractivity contribution < 1.29 is 14.6 Å². The van der Waals surface area contributed by atoms with Gasteiger partial charge in [-0.15, -0.1) is 0 Å². The van der Waals surface area contributed by atoms with E-state index in [1.54, 1.807) is 0 Å². The van der Waals surface area contributed by atoms with Gasteiger partial charge in [0.15, 0.2) is 11.5 Å². The van der Waals surface area contributed by atoms with Crippen LogP contribution < -0.4 is 9.47 Å². The molecule has 0 unspecified atom stereocenters. The Labute approximate surface area is 116 Å². The summed E-state index contributed by atoms with van der Waals surface area (Å²) in [7, 11) is 0. The van der Waals surface area contributed by atoms with E-state index in [2.05, 4.69) is 24.3 Å². The Morgan fingerprint density at radius 1 is 1.00 bits per heavy atom. The van der Waals surface area contributed by atoms with Gasteiger partial charge in [0.05, 0.1) is 0 Å². The maximum atomic E-state index is 9.27. The quantitative estimate of drug-likeness (QED) is 0.724.